The Hall–Kier alpha value is -2.85. The van der Waals surface area contributed by atoms with Crippen LogP contribution in [-0.4, -0.2) is 11.2 Å². The molecule has 2 aromatic carbocycles. The van der Waals surface area contributed by atoms with Crippen LogP contribution >= 0.6 is 0 Å². The van der Waals surface area contributed by atoms with Crippen molar-refractivity contribution in [1.29, 1.82) is 0 Å². The predicted octanol–water partition coefficient (Wildman–Crippen LogP) is 4.64. The van der Waals surface area contributed by atoms with E-state index in [0.717, 1.165) is 17.1 Å². The molecule has 3 aromatic rings. The summed E-state index contributed by atoms with van der Waals surface area (Å²) in [5.74, 6) is 0.450. The van der Waals surface area contributed by atoms with Crippen molar-refractivity contribution in [2.45, 2.75) is 32.3 Å². The highest BCUT2D eigenvalue weighted by Crippen LogP contribution is 2.52. The minimum Gasteiger partial charge on any atom is -0.412 e. The number of allylic oxidation sites excluding steroid dienone is 1. The van der Waals surface area contributed by atoms with E-state index in [9.17, 15) is 4.79 Å². The van der Waals surface area contributed by atoms with E-state index < -0.39 is 0 Å². The summed E-state index contributed by atoms with van der Waals surface area (Å²) < 4.78 is 13.6. The fourth-order valence-electron chi connectivity index (χ4n) is 4.58. The van der Waals surface area contributed by atoms with Crippen LogP contribution in [0, 0.1) is 0 Å². The van der Waals surface area contributed by atoms with Crippen LogP contribution in [-0.2, 0) is 11.2 Å². The Balaban J connectivity index is 1.70. The molecule has 0 N–H and O–H groups in total. The summed E-state index contributed by atoms with van der Waals surface area (Å²) in [5, 5.41) is 0. The second-order valence-electron chi connectivity index (χ2n) is 7.10. The minimum atomic E-state index is -0.319. The van der Waals surface area contributed by atoms with Crippen LogP contribution < -0.4 is 5.76 Å². The van der Waals surface area contributed by atoms with Crippen molar-refractivity contribution >= 4 is 5.57 Å². The number of oxazole rings is 1. The highest BCUT2D eigenvalue weighted by atomic mass is 16.5. The molecule has 5 rings (SSSR count). The van der Waals surface area contributed by atoms with Gasteiger partial charge in [-0.3, -0.25) is 0 Å². The minimum absolute atomic E-state index is 0.00497. The number of hydrogen-bond donors (Lipinski definition) is 0. The van der Waals surface area contributed by atoms with Gasteiger partial charge in [0, 0.05) is 18.9 Å². The summed E-state index contributed by atoms with van der Waals surface area (Å²) in [5.41, 5.74) is 6.75. The van der Waals surface area contributed by atoms with Crippen molar-refractivity contribution in [2.75, 3.05) is 6.61 Å². The molecule has 1 heterocycles. The van der Waals surface area contributed by atoms with Crippen LogP contribution in [0.5, 0.6) is 0 Å². The molecule has 2 aliphatic carbocycles. The maximum Gasteiger partial charge on any atom is 0.424 e. The first kappa shape index (κ1) is 16.3. The summed E-state index contributed by atoms with van der Waals surface area (Å²) in [6.45, 7) is 4.78. The Bertz CT molecular complexity index is 1100. The lowest BCUT2D eigenvalue weighted by atomic mass is 9.84. The highest BCUT2D eigenvalue weighted by Gasteiger charge is 2.41. The number of fused-ring (bicyclic) bond motifs is 3. The normalized spacial score (nSPS) is 20.4. The van der Waals surface area contributed by atoms with Gasteiger partial charge in [0.1, 0.15) is 11.9 Å². The Morgan fingerprint density at radius 2 is 1.85 bits per heavy atom. The third kappa shape index (κ3) is 2.30. The number of hydrogen-bond acceptors (Lipinski definition) is 3. The van der Waals surface area contributed by atoms with Crippen LogP contribution in [0.25, 0.3) is 11.3 Å². The van der Waals surface area contributed by atoms with E-state index in [1.165, 1.54) is 22.3 Å². The topological polar surface area (TPSA) is 44.4 Å². The summed E-state index contributed by atoms with van der Waals surface area (Å²) in [4.78, 5) is 12.7. The molecule has 2 aliphatic rings. The predicted molar refractivity (Wildman–Crippen MR) is 104 cm³/mol. The zero-order valence-electron chi connectivity index (χ0n) is 15.4. The van der Waals surface area contributed by atoms with Crippen LogP contribution in [0.2, 0.25) is 0 Å². The Labute approximate surface area is 157 Å². The van der Waals surface area contributed by atoms with E-state index >= 15 is 0 Å². The third-order valence-corrected chi connectivity index (χ3v) is 5.69. The van der Waals surface area contributed by atoms with Crippen LogP contribution in [0.3, 0.4) is 0 Å². The molecule has 0 unspecified atom stereocenters. The largest absolute Gasteiger partial charge is 0.424 e. The highest BCUT2D eigenvalue weighted by molar-refractivity contribution is 5.82. The first-order chi connectivity index (χ1) is 13.2. The molecule has 0 fully saturated rings. The van der Waals surface area contributed by atoms with Gasteiger partial charge in [-0.15, -0.1) is 0 Å². The van der Waals surface area contributed by atoms with Crippen molar-refractivity contribution < 1.29 is 9.15 Å². The number of ether oxygens (including phenoxy) is 1. The second kappa shape index (κ2) is 6.10. The Morgan fingerprint density at radius 1 is 1.11 bits per heavy atom. The number of rotatable bonds is 3. The molecule has 0 saturated carbocycles. The smallest absolute Gasteiger partial charge is 0.412 e. The van der Waals surface area contributed by atoms with E-state index in [-0.39, 0.29) is 17.8 Å². The molecule has 27 heavy (non-hydrogen) atoms. The summed E-state index contributed by atoms with van der Waals surface area (Å²) in [7, 11) is 0. The lowest BCUT2D eigenvalue weighted by molar-refractivity contribution is 0.0862. The first-order valence-electron chi connectivity index (χ1n) is 9.44. The zero-order valence-corrected chi connectivity index (χ0v) is 15.4. The first-order valence-corrected chi connectivity index (χ1v) is 9.44. The molecule has 0 amide bonds. The molecule has 4 heteroatoms. The van der Waals surface area contributed by atoms with Crippen LogP contribution in [0.15, 0.2) is 69.4 Å². The molecule has 0 aliphatic heterocycles. The van der Waals surface area contributed by atoms with Crippen molar-refractivity contribution in [3.05, 3.63) is 93.3 Å². The molecule has 4 nitrogen and oxygen atoms in total. The molecule has 0 saturated heterocycles. The number of benzene rings is 2. The lowest BCUT2D eigenvalue weighted by Gasteiger charge is -2.25. The van der Waals surface area contributed by atoms with Gasteiger partial charge in [0.05, 0.1) is 11.4 Å². The third-order valence-electron chi connectivity index (χ3n) is 5.69. The Kier molecular flexibility index (Phi) is 3.69. The standard InChI is InChI=1S/C23H21NO3/c1-3-26-22-17-12-8-7-11-16(17)18-13-19-21(14(2)20(18)22)27-23(25)24(19)15-9-5-4-6-10-15/h4-12,14,22H,3,13H2,1-2H3/t14-,22+/m1/s1. The molecule has 0 bridgehead atoms. The van der Waals surface area contributed by atoms with Gasteiger partial charge in [0.2, 0.25) is 0 Å². The van der Waals surface area contributed by atoms with Gasteiger partial charge >= 0.3 is 5.76 Å². The van der Waals surface area contributed by atoms with E-state index in [1.54, 1.807) is 4.57 Å². The lowest BCUT2D eigenvalue weighted by Crippen LogP contribution is -2.18. The maximum absolute atomic E-state index is 12.7. The van der Waals surface area contributed by atoms with Crippen LogP contribution in [0.1, 0.15) is 48.5 Å². The summed E-state index contributed by atoms with van der Waals surface area (Å²) in [6, 6.07) is 18.1. The van der Waals surface area contributed by atoms with Gasteiger partial charge in [-0.2, -0.15) is 0 Å². The van der Waals surface area contributed by atoms with E-state index in [2.05, 4.69) is 31.2 Å². The molecule has 136 valence electrons. The van der Waals surface area contributed by atoms with Crippen molar-refractivity contribution in [3.8, 4) is 5.69 Å². The molecule has 0 spiro atoms. The van der Waals surface area contributed by atoms with Gasteiger partial charge in [0.15, 0.2) is 0 Å². The molecule has 0 radical (unpaired) electrons. The second-order valence-corrected chi connectivity index (χ2v) is 7.10. The van der Waals surface area contributed by atoms with Crippen molar-refractivity contribution in [2.24, 2.45) is 0 Å². The number of nitrogens with zero attached hydrogens (tertiary/aromatic N) is 1. The molecule has 2 atom stereocenters. The number of aromatic nitrogens is 1. The SMILES string of the molecule is CCO[C@@H]1C2=C(Cc3c(oc(=O)n3-c3ccccc3)[C@@H]2C)c2ccccc21. The summed E-state index contributed by atoms with van der Waals surface area (Å²) >= 11 is 0. The van der Waals surface area contributed by atoms with Gasteiger partial charge in [-0.1, -0.05) is 49.4 Å². The number of para-hydroxylation sites is 1. The fraction of sp³-hybridized carbons (Fsp3) is 0.261. The Morgan fingerprint density at radius 3 is 2.63 bits per heavy atom. The van der Waals surface area contributed by atoms with Crippen molar-refractivity contribution in [3.63, 3.8) is 0 Å². The van der Waals surface area contributed by atoms with Gasteiger partial charge < -0.3 is 9.15 Å². The van der Waals surface area contributed by atoms with Gasteiger partial charge in [0.25, 0.3) is 0 Å². The monoisotopic (exact) mass is 359 g/mol. The van der Waals surface area contributed by atoms with E-state index in [0.29, 0.717) is 13.0 Å². The fourth-order valence-corrected chi connectivity index (χ4v) is 4.58. The van der Waals surface area contributed by atoms with Gasteiger partial charge in [-0.25, -0.2) is 9.36 Å². The van der Waals surface area contributed by atoms with E-state index in [1.807, 2.05) is 37.3 Å². The quantitative estimate of drug-likeness (QED) is 0.684. The molecular formula is C23H21NO3. The average molecular weight is 359 g/mol. The molecular weight excluding hydrogens is 338 g/mol. The molecule has 1 aromatic heterocycles. The zero-order chi connectivity index (χ0) is 18.5. The average Bonchev–Trinajstić information content (AvgIpc) is 3.19. The van der Waals surface area contributed by atoms with Crippen LogP contribution in [0.4, 0.5) is 0 Å². The maximum atomic E-state index is 12.7. The van der Waals surface area contributed by atoms with E-state index in [4.69, 9.17) is 9.15 Å². The summed E-state index contributed by atoms with van der Waals surface area (Å²) in [6.07, 6.45) is 0.616. The van der Waals surface area contributed by atoms with Gasteiger partial charge in [-0.05, 0) is 41.3 Å². The van der Waals surface area contributed by atoms with Crippen molar-refractivity contribution in [1.82, 2.24) is 4.57 Å².